The van der Waals surface area contributed by atoms with Crippen LogP contribution in [0, 0.1) is 0 Å². The number of amides is 1. The highest BCUT2D eigenvalue weighted by Crippen LogP contribution is 2.15. The van der Waals surface area contributed by atoms with Gasteiger partial charge in [0.05, 0.1) is 11.3 Å². The Kier molecular flexibility index (Phi) is 6.18. The molecule has 1 rings (SSSR count). The maximum absolute atomic E-state index is 12.2. The van der Waals surface area contributed by atoms with Crippen LogP contribution in [0.3, 0.4) is 0 Å². The molecule has 5 heteroatoms. The molecule has 0 heterocycles. The molecule has 0 fully saturated rings. The molecule has 0 aromatic heterocycles. The predicted molar refractivity (Wildman–Crippen MR) is 72.1 cm³/mol. The fourth-order valence-electron chi connectivity index (χ4n) is 1.74. The van der Waals surface area contributed by atoms with Crippen molar-refractivity contribution >= 4 is 11.6 Å². The lowest BCUT2D eigenvalue weighted by Crippen LogP contribution is -2.29. The number of nitrogens with one attached hydrogen (secondary N) is 1. The van der Waals surface area contributed by atoms with Crippen LogP contribution < -0.4 is 11.3 Å². The van der Waals surface area contributed by atoms with E-state index < -0.39 is 0 Å². The number of para-hydroxylation sites is 1. The number of nitrogens with two attached hydrogens (primary N) is 1. The van der Waals surface area contributed by atoms with Gasteiger partial charge >= 0.3 is 0 Å². The molecule has 18 heavy (non-hydrogen) atoms. The summed E-state index contributed by atoms with van der Waals surface area (Å²) in [6, 6.07) is 7.16. The molecule has 1 aromatic rings. The first-order valence-electron chi connectivity index (χ1n) is 6.12. The predicted octanol–water partition coefficient (Wildman–Crippen LogP) is 1.21. The number of nitrogens with zero attached hydrogens (tertiary/aromatic N) is 1. The monoisotopic (exact) mass is 251 g/mol. The summed E-state index contributed by atoms with van der Waals surface area (Å²) in [5.41, 5.74) is 3.73. The third-order valence-electron chi connectivity index (χ3n) is 2.81. The number of hydrogen-bond acceptors (Lipinski definition) is 4. The summed E-state index contributed by atoms with van der Waals surface area (Å²) in [7, 11) is 1.77. The number of aliphatic hydroxyl groups excluding tert-OH is 1. The molecule has 0 aliphatic heterocycles. The van der Waals surface area contributed by atoms with E-state index in [4.69, 9.17) is 10.9 Å². The molecule has 0 saturated carbocycles. The summed E-state index contributed by atoms with van der Waals surface area (Å²) in [6.07, 6.45) is 2.59. The third kappa shape index (κ3) is 4.01. The second kappa shape index (κ2) is 7.68. The van der Waals surface area contributed by atoms with Crippen molar-refractivity contribution in [2.24, 2.45) is 5.84 Å². The van der Waals surface area contributed by atoms with Gasteiger partial charge in [-0.25, -0.2) is 0 Å². The number of rotatable bonds is 7. The minimum Gasteiger partial charge on any atom is -0.396 e. The van der Waals surface area contributed by atoms with Gasteiger partial charge in [0.2, 0.25) is 0 Å². The molecule has 0 spiro atoms. The van der Waals surface area contributed by atoms with Crippen molar-refractivity contribution in [2.45, 2.75) is 19.3 Å². The molecule has 100 valence electrons. The van der Waals surface area contributed by atoms with Crippen LogP contribution >= 0.6 is 0 Å². The van der Waals surface area contributed by atoms with E-state index in [0.717, 1.165) is 19.3 Å². The average molecular weight is 251 g/mol. The second-order valence-electron chi connectivity index (χ2n) is 4.20. The molecule has 0 aliphatic carbocycles. The highest BCUT2D eigenvalue weighted by atomic mass is 16.2. The molecular formula is C13H21N3O2. The van der Waals surface area contributed by atoms with Gasteiger partial charge in [0.15, 0.2) is 0 Å². The zero-order valence-electron chi connectivity index (χ0n) is 10.7. The summed E-state index contributed by atoms with van der Waals surface area (Å²) in [5, 5.41) is 8.68. The second-order valence-corrected chi connectivity index (χ2v) is 4.20. The molecular weight excluding hydrogens is 230 g/mol. The van der Waals surface area contributed by atoms with Gasteiger partial charge < -0.3 is 15.4 Å². The van der Waals surface area contributed by atoms with E-state index in [-0.39, 0.29) is 12.5 Å². The van der Waals surface area contributed by atoms with E-state index in [1.807, 2.05) is 12.1 Å². The van der Waals surface area contributed by atoms with Gasteiger partial charge in [-0.3, -0.25) is 10.6 Å². The number of anilines is 1. The lowest BCUT2D eigenvalue weighted by atomic mass is 10.1. The highest BCUT2D eigenvalue weighted by Gasteiger charge is 2.14. The molecule has 1 amide bonds. The third-order valence-corrected chi connectivity index (χ3v) is 2.81. The lowest BCUT2D eigenvalue weighted by Gasteiger charge is -2.18. The maximum Gasteiger partial charge on any atom is 0.255 e. The van der Waals surface area contributed by atoms with Crippen molar-refractivity contribution in [3.63, 3.8) is 0 Å². The Morgan fingerprint density at radius 3 is 2.72 bits per heavy atom. The van der Waals surface area contributed by atoms with Crippen molar-refractivity contribution in [2.75, 3.05) is 25.6 Å². The number of hydrogen-bond donors (Lipinski definition) is 3. The zero-order valence-corrected chi connectivity index (χ0v) is 10.7. The standard InChI is InChI=1S/C13H21N3O2/c1-16(9-5-2-6-10-17)13(18)11-7-3-4-8-12(11)15-14/h3-4,7-8,15,17H,2,5-6,9-10,14H2,1H3. The summed E-state index contributed by atoms with van der Waals surface area (Å²) in [6.45, 7) is 0.884. The number of aliphatic hydroxyl groups is 1. The Morgan fingerprint density at radius 1 is 1.33 bits per heavy atom. The number of unbranched alkanes of at least 4 members (excludes halogenated alkanes) is 2. The van der Waals surface area contributed by atoms with Crippen molar-refractivity contribution < 1.29 is 9.90 Å². The fourth-order valence-corrected chi connectivity index (χ4v) is 1.74. The number of benzene rings is 1. The van der Waals surface area contributed by atoms with E-state index in [1.54, 1.807) is 24.1 Å². The van der Waals surface area contributed by atoms with E-state index in [9.17, 15) is 4.79 Å². The first-order valence-corrected chi connectivity index (χ1v) is 6.12. The molecule has 0 saturated heterocycles. The van der Waals surface area contributed by atoms with Gasteiger partial charge in [-0.1, -0.05) is 12.1 Å². The summed E-state index contributed by atoms with van der Waals surface area (Å²) < 4.78 is 0. The molecule has 5 nitrogen and oxygen atoms in total. The van der Waals surface area contributed by atoms with Crippen LogP contribution in [0.25, 0.3) is 0 Å². The van der Waals surface area contributed by atoms with Crippen LogP contribution in [0.1, 0.15) is 29.6 Å². The normalized spacial score (nSPS) is 10.2. The number of hydrazine groups is 1. The highest BCUT2D eigenvalue weighted by molar-refractivity contribution is 5.99. The van der Waals surface area contributed by atoms with Crippen LogP contribution in [0.15, 0.2) is 24.3 Å². The first kappa shape index (κ1) is 14.5. The van der Waals surface area contributed by atoms with Crippen LogP contribution in [0.4, 0.5) is 5.69 Å². The molecule has 0 unspecified atom stereocenters. The van der Waals surface area contributed by atoms with E-state index in [2.05, 4.69) is 5.43 Å². The van der Waals surface area contributed by atoms with Crippen molar-refractivity contribution in [1.82, 2.24) is 4.90 Å². The Labute approximate surface area is 108 Å². The summed E-state index contributed by atoms with van der Waals surface area (Å²) in [4.78, 5) is 13.8. The quantitative estimate of drug-likeness (QED) is 0.386. The van der Waals surface area contributed by atoms with E-state index >= 15 is 0 Å². The van der Waals surface area contributed by atoms with Crippen LogP contribution in [-0.2, 0) is 0 Å². The van der Waals surface area contributed by atoms with Gasteiger partial charge in [0.25, 0.3) is 5.91 Å². The molecule has 0 aliphatic rings. The van der Waals surface area contributed by atoms with E-state index in [1.165, 1.54) is 0 Å². The topological polar surface area (TPSA) is 78.6 Å². The SMILES string of the molecule is CN(CCCCCO)C(=O)c1ccccc1NN. The number of carbonyl (C=O) groups excluding carboxylic acids is 1. The van der Waals surface area contributed by atoms with E-state index in [0.29, 0.717) is 17.8 Å². The van der Waals surface area contributed by atoms with Crippen molar-refractivity contribution in [3.05, 3.63) is 29.8 Å². The molecule has 0 radical (unpaired) electrons. The maximum atomic E-state index is 12.2. The zero-order chi connectivity index (χ0) is 13.4. The van der Waals surface area contributed by atoms with Gasteiger partial charge in [-0.15, -0.1) is 0 Å². The lowest BCUT2D eigenvalue weighted by molar-refractivity contribution is 0.0793. The Bertz CT molecular complexity index is 382. The van der Waals surface area contributed by atoms with Crippen molar-refractivity contribution in [3.8, 4) is 0 Å². The number of carbonyl (C=O) groups is 1. The fraction of sp³-hybridized carbons (Fsp3) is 0.462. The summed E-state index contributed by atoms with van der Waals surface area (Å²) in [5.74, 6) is 5.33. The molecule has 0 atom stereocenters. The Hall–Kier alpha value is -1.59. The minimum atomic E-state index is -0.0486. The Balaban J connectivity index is 2.57. The Morgan fingerprint density at radius 2 is 2.06 bits per heavy atom. The minimum absolute atomic E-state index is 0.0486. The van der Waals surface area contributed by atoms with Crippen LogP contribution in [0.5, 0.6) is 0 Å². The smallest absolute Gasteiger partial charge is 0.255 e. The number of nitrogen functional groups attached to an aromatic ring is 1. The van der Waals surface area contributed by atoms with Crippen molar-refractivity contribution in [1.29, 1.82) is 0 Å². The van der Waals surface area contributed by atoms with Gasteiger partial charge in [-0.05, 0) is 31.4 Å². The van der Waals surface area contributed by atoms with Gasteiger partial charge in [-0.2, -0.15) is 0 Å². The average Bonchev–Trinajstić information content (AvgIpc) is 2.42. The first-order chi connectivity index (χ1) is 8.70. The molecule has 0 bridgehead atoms. The largest absolute Gasteiger partial charge is 0.396 e. The molecule has 4 N–H and O–H groups in total. The van der Waals surface area contributed by atoms with Crippen LogP contribution in [0.2, 0.25) is 0 Å². The van der Waals surface area contributed by atoms with Gasteiger partial charge in [0.1, 0.15) is 0 Å². The summed E-state index contributed by atoms with van der Waals surface area (Å²) >= 11 is 0. The van der Waals surface area contributed by atoms with Gasteiger partial charge in [0, 0.05) is 20.2 Å². The van der Waals surface area contributed by atoms with Crippen LogP contribution in [-0.4, -0.2) is 36.1 Å². The molecule has 1 aromatic carbocycles.